The number of carbonyl (C=O) groups excluding carboxylic acids is 2. The van der Waals surface area contributed by atoms with Gasteiger partial charge in [0.25, 0.3) is 11.8 Å². The summed E-state index contributed by atoms with van der Waals surface area (Å²) in [5.74, 6) is 0.817. The second kappa shape index (κ2) is 8.68. The van der Waals surface area contributed by atoms with Gasteiger partial charge in [0.05, 0.1) is 0 Å². The highest BCUT2D eigenvalue weighted by Crippen LogP contribution is 2.20. The molecule has 2 amide bonds. The lowest BCUT2D eigenvalue weighted by Gasteiger charge is -2.36. The Hall–Kier alpha value is -2.82. The SMILES string of the molecule is CC1CCN(C(=O)c2ccc(C(=O)N3CCN(c4ccccc4)CC3)cc2)CC1. The van der Waals surface area contributed by atoms with Crippen LogP contribution in [0, 0.1) is 5.92 Å². The molecule has 0 spiro atoms. The van der Waals surface area contributed by atoms with E-state index in [-0.39, 0.29) is 11.8 Å². The second-order valence-corrected chi connectivity index (χ2v) is 8.17. The highest BCUT2D eigenvalue weighted by atomic mass is 16.2. The summed E-state index contributed by atoms with van der Waals surface area (Å²) >= 11 is 0. The van der Waals surface area contributed by atoms with Crippen LogP contribution in [0.15, 0.2) is 54.6 Å². The molecule has 2 aromatic rings. The van der Waals surface area contributed by atoms with E-state index in [2.05, 4.69) is 24.0 Å². The number of para-hydroxylation sites is 1. The molecule has 4 rings (SSSR count). The van der Waals surface area contributed by atoms with E-state index in [1.807, 2.05) is 28.0 Å². The molecule has 0 aromatic heterocycles. The summed E-state index contributed by atoms with van der Waals surface area (Å²) in [6, 6.07) is 17.5. The normalized spacial score (nSPS) is 18.0. The number of piperidine rings is 1. The highest BCUT2D eigenvalue weighted by molar-refractivity contribution is 5.98. The van der Waals surface area contributed by atoms with Gasteiger partial charge in [-0.05, 0) is 55.2 Å². The Morgan fingerprint density at radius 1 is 0.690 bits per heavy atom. The summed E-state index contributed by atoms with van der Waals surface area (Å²) in [6.45, 7) is 6.97. The van der Waals surface area contributed by atoms with Crippen molar-refractivity contribution in [3.8, 4) is 0 Å². The summed E-state index contributed by atoms with van der Waals surface area (Å²) in [5.41, 5.74) is 2.53. The maximum absolute atomic E-state index is 12.9. The first kappa shape index (κ1) is 19.5. The van der Waals surface area contributed by atoms with E-state index < -0.39 is 0 Å². The van der Waals surface area contributed by atoms with Crippen molar-refractivity contribution in [2.45, 2.75) is 19.8 Å². The van der Waals surface area contributed by atoms with Gasteiger partial charge in [-0.2, -0.15) is 0 Å². The quantitative estimate of drug-likeness (QED) is 0.804. The molecule has 29 heavy (non-hydrogen) atoms. The Bertz CT molecular complexity index is 834. The molecule has 2 aromatic carbocycles. The van der Waals surface area contributed by atoms with Gasteiger partial charge in [0.2, 0.25) is 0 Å². The molecule has 0 unspecified atom stereocenters. The zero-order valence-electron chi connectivity index (χ0n) is 17.1. The average Bonchev–Trinajstić information content (AvgIpc) is 2.79. The zero-order chi connectivity index (χ0) is 20.2. The van der Waals surface area contributed by atoms with Gasteiger partial charge >= 0.3 is 0 Å². The van der Waals surface area contributed by atoms with Gasteiger partial charge < -0.3 is 14.7 Å². The third-order valence-electron chi connectivity index (χ3n) is 6.14. The van der Waals surface area contributed by atoms with E-state index >= 15 is 0 Å². The van der Waals surface area contributed by atoms with E-state index in [4.69, 9.17) is 0 Å². The molecular weight excluding hydrogens is 362 g/mol. The molecular formula is C24H29N3O2. The van der Waals surface area contributed by atoms with Gasteiger partial charge in [-0.15, -0.1) is 0 Å². The molecule has 2 aliphatic heterocycles. The van der Waals surface area contributed by atoms with Crippen molar-refractivity contribution in [3.63, 3.8) is 0 Å². The first-order valence-corrected chi connectivity index (χ1v) is 10.6. The van der Waals surface area contributed by atoms with Crippen molar-refractivity contribution in [3.05, 3.63) is 65.7 Å². The van der Waals surface area contributed by atoms with Crippen molar-refractivity contribution in [1.29, 1.82) is 0 Å². The van der Waals surface area contributed by atoms with Crippen molar-refractivity contribution < 1.29 is 9.59 Å². The zero-order valence-corrected chi connectivity index (χ0v) is 17.1. The van der Waals surface area contributed by atoms with Crippen LogP contribution >= 0.6 is 0 Å². The van der Waals surface area contributed by atoms with Crippen molar-refractivity contribution in [2.75, 3.05) is 44.2 Å². The lowest BCUT2D eigenvalue weighted by molar-refractivity contribution is 0.0694. The Kier molecular flexibility index (Phi) is 5.84. The van der Waals surface area contributed by atoms with Crippen molar-refractivity contribution in [2.24, 2.45) is 5.92 Å². The van der Waals surface area contributed by atoms with Gasteiger partial charge in [0.15, 0.2) is 0 Å². The molecule has 0 saturated carbocycles. The molecule has 0 N–H and O–H groups in total. The first-order valence-electron chi connectivity index (χ1n) is 10.6. The van der Waals surface area contributed by atoms with Gasteiger partial charge in [-0.1, -0.05) is 25.1 Å². The summed E-state index contributed by atoms with van der Waals surface area (Å²) in [7, 11) is 0. The fourth-order valence-corrected chi connectivity index (χ4v) is 4.14. The minimum atomic E-state index is 0.0449. The van der Waals surface area contributed by atoms with Crippen LogP contribution < -0.4 is 4.90 Å². The number of hydrogen-bond acceptors (Lipinski definition) is 3. The molecule has 0 atom stereocenters. The Morgan fingerprint density at radius 3 is 1.69 bits per heavy atom. The van der Waals surface area contributed by atoms with E-state index in [0.29, 0.717) is 30.1 Å². The topological polar surface area (TPSA) is 43.9 Å². The van der Waals surface area contributed by atoms with Gasteiger partial charge in [0.1, 0.15) is 0 Å². The number of piperazine rings is 1. The van der Waals surface area contributed by atoms with Crippen LogP contribution in [0.1, 0.15) is 40.5 Å². The predicted molar refractivity (Wildman–Crippen MR) is 115 cm³/mol. The number of carbonyl (C=O) groups is 2. The van der Waals surface area contributed by atoms with E-state index in [9.17, 15) is 9.59 Å². The van der Waals surface area contributed by atoms with Crippen LogP contribution in [-0.2, 0) is 0 Å². The predicted octanol–water partition coefficient (Wildman–Crippen LogP) is 3.52. The second-order valence-electron chi connectivity index (χ2n) is 8.17. The van der Waals surface area contributed by atoms with Crippen LogP contribution in [0.2, 0.25) is 0 Å². The third-order valence-corrected chi connectivity index (χ3v) is 6.14. The number of anilines is 1. The maximum Gasteiger partial charge on any atom is 0.253 e. The Balaban J connectivity index is 1.34. The molecule has 2 heterocycles. The number of likely N-dealkylation sites (tertiary alicyclic amines) is 1. The Labute approximate surface area is 172 Å². The molecule has 2 fully saturated rings. The maximum atomic E-state index is 12.9. The molecule has 152 valence electrons. The first-order chi connectivity index (χ1) is 14.1. The number of amides is 2. The molecule has 2 saturated heterocycles. The number of nitrogens with zero attached hydrogens (tertiary/aromatic N) is 3. The molecule has 0 radical (unpaired) electrons. The smallest absolute Gasteiger partial charge is 0.253 e. The van der Waals surface area contributed by atoms with E-state index in [0.717, 1.165) is 39.0 Å². The summed E-state index contributed by atoms with van der Waals surface area (Å²) in [6.07, 6.45) is 2.13. The fraction of sp³-hybridized carbons (Fsp3) is 0.417. The molecule has 0 bridgehead atoms. The number of benzene rings is 2. The summed E-state index contributed by atoms with van der Waals surface area (Å²) in [5, 5.41) is 0. The Morgan fingerprint density at radius 2 is 1.17 bits per heavy atom. The van der Waals surface area contributed by atoms with Gasteiger partial charge in [0, 0.05) is 56.1 Å². The lowest BCUT2D eigenvalue weighted by atomic mass is 9.98. The molecule has 0 aliphatic carbocycles. The fourth-order valence-electron chi connectivity index (χ4n) is 4.14. The summed E-state index contributed by atoms with van der Waals surface area (Å²) in [4.78, 5) is 31.7. The molecule has 5 heteroatoms. The van der Waals surface area contributed by atoms with Crippen LogP contribution in [0.25, 0.3) is 0 Å². The number of hydrogen-bond donors (Lipinski definition) is 0. The van der Waals surface area contributed by atoms with Crippen LogP contribution in [0.3, 0.4) is 0 Å². The minimum Gasteiger partial charge on any atom is -0.368 e. The average molecular weight is 392 g/mol. The number of rotatable bonds is 3. The minimum absolute atomic E-state index is 0.0449. The van der Waals surface area contributed by atoms with Gasteiger partial charge in [-0.25, -0.2) is 0 Å². The van der Waals surface area contributed by atoms with Crippen LogP contribution in [0.5, 0.6) is 0 Å². The summed E-state index contributed by atoms with van der Waals surface area (Å²) < 4.78 is 0. The highest BCUT2D eigenvalue weighted by Gasteiger charge is 2.24. The monoisotopic (exact) mass is 391 g/mol. The standard InChI is InChI=1S/C24H29N3O2/c1-19-11-13-26(14-12-19)23(28)20-7-9-21(10-8-20)24(29)27-17-15-25(16-18-27)22-5-3-2-4-6-22/h2-10,19H,11-18H2,1H3. The van der Waals surface area contributed by atoms with Crippen molar-refractivity contribution in [1.82, 2.24) is 9.80 Å². The van der Waals surface area contributed by atoms with Crippen molar-refractivity contribution >= 4 is 17.5 Å². The molecule has 5 nitrogen and oxygen atoms in total. The van der Waals surface area contributed by atoms with E-state index in [1.165, 1.54) is 5.69 Å². The molecule has 2 aliphatic rings. The van der Waals surface area contributed by atoms with Crippen LogP contribution in [-0.4, -0.2) is 60.9 Å². The van der Waals surface area contributed by atoms with Crippen LogP contribution in [0.4, 0.5) is 5.69 Å². The third kappa shape index (κ3) is 4.44. The van der Waals surface area contributed by atoms with E-state index in [1.54, 1.807) is 24.3 Å². The largest absolute Gasteiger partial charge is 0.368 e. The lowest BCUT2D eigenvalue weighted by Crippen LogP contribution is -2.48. The van der Waals surface area contributed by atoms with Gasteiger partial charge in [-0.3, -0.25) is 9.59 Å².